The molecular formula is C53H92O5. The normalized spacial score (nSPS) is 12.8. The molecule has 0 N–H and O–H groups in total. The third kappa shape index (κ3) is 46.0. The van der Waals surface area contributed by atoms with Crippen LogP contribution >= 0.6 is 0 Å². The molecule has 334 valence electrons. The van der Waals surface area contributed by atoms with E-state index in [4.69, 9.17) is 14.2 Å². The quantitative estimate of drug-likeness (QED) is 0.0348. The molecular weight excluding hydrogens is 717 g/mol. The molecule has 0 spiro atoms. The summed E-state index contributed by atoms with van der Waals surface area (Å²) in [5, 5.41) is 0. The number of hydrogen-bond acceptors (Lipinski definition) is 5. The van der Waals surface area contributed by atoms with E-state index < -0.39 is 6.10 Å². The van der Waals surface area contributed by atoms with Crippen molar-refractivity contribution in [3.05, 3.63) is 72.9 Å². The van der Waals surface area contributed by atoms with Crippen molar-refractivity contribution >= 4 is 11.9 Å². The summed E-state index contributed by atoms with van der Waals surface area (Å²) in [5.74, 6) is -0.429. The SMILES string of the molecule is CC/C=C\C/C=C\C/C=C\C/C=C\CCCCCCCCC(=O)OCC(COCCCCCCCCCC/C=C\C/C=C\CCCCC)OC(=O)CCCCCCC. The van der Waals surface area contributed by atoms with Gasteiger partial charge in [0.05, 0.1) is 6.61 Å². The zero-order valence-electron chi connectivity index (χ0n) is 38.3. The van der Waals surface area contributed by atoms with Crippen LogP contribution in [0.4, 0.5) is 0 Å². The number of rotatable bonds is 44. The Morgan fingerprint density at radius 2 is 0.776 bits per heavy atom. The first-order chi connectivity index (χ1) is 28.6. The van der Waals surface area contributed by atoms with E-state index in [0.717, 1.165) is 89.9 Å². The first-order valence-corrected chi connectivity index (χ1v) is 24.5. The maximum absolute atomic E-state index is 12.6. The van der Waals surface area contributed by atoms with Crippen molar-refractivity contribution in [2.24, 2.45) is 0 Å². The molecule has 0 saturated carbocycles. The Labute approximate surface area is 359 Å². The van der Waals surface area contributed by atoms with Gasteiger partial charge in [-0.05, 0) is 89.9 Å². The summed E-state index contributed by atoms with van der Waals surface area (Å²) in [5.41, 5.74) is 0. The summed E-state index contributed by atoms with van der Waals surface area (Å²) >= 11 is 0. The fraction of sp³-hybridized carbons (Fsp3) is 0.736. The van der Waals surface area contributed by atoms with Gasteiger partial charge in [-0.25, -0.2) is 0 Å². The second kappa shape index (κ2) is 48.7. The molecule has 0 aromatic carbocycles. The van der Waals surface area contributed by atoms with Crippen LogP contribution < -0.4 is 0 Å². The van der Waals surface area contributed by atoms with Crippen LogP contribution in [0, 0.1) is 0 Å². The van der Waals surface area contributed by atoms with Crippen LogP contribution in [-0.2, 0) is 23.8 Å². The zero-order chi connectivity index (χ0) is 42.1. The van der Waals surface area contributed by atoms with Crippen LogP contribution in [0.5, 0.6) is 0 Å². The van der Waals surface area contributed by atoms with E-state index in [1.165, 1.54) is 103 Å². The summed E-state index contributed by atoms with van der Waals surface area (Å²) in [6.07, 6.45) is 62.2. The number of esters is 2. The summed E-state index contributed by atoms with van der Waals surface area (Å²) in [6.45, 7) is 7.60. The molecule has 0 aliphatic rings. The van der Waals surface area contributed by atoms with Crippen LogP contribution in [-0.4, -0.2) is 37.9 Å². The Morgan fingerprint density at radius 3 is 1.28 bits per heavy atom. The van der Waals surface area contributed by atoms with Crippen molar-refractivity contribution < 1.29 is 23.8 Å². The van der Waals surface area contributed by atoms with E-state index in [1.807, 2.05) is 0 Å². The highest BCUT2D eigenvalue weighted by Crippen LogP contribution is 2.13. The molecule has 0 bridgehead atoms. The Morgan fingerprint density at radius 1 is 0.397 bits per heavy atom. The average Bonchev–Trinajstić information content (AvgIpc) is 3.22. The lowest BCUT2D eigenvalue weighted by Crippen LogP contribution is -2.30. The topological polar surface area (TPSA) is 61.8 Å². The maximum Gasteiger partial charge on any atom is 0.306 e. The standard InChI is InChI=1S/C53H92O5/c1-4-7-10-13-15-17-19-21-23-25-27-28-30-32-34-36-38-41-43-46-52(54)57-50-51(58-53(55)47-44-40-12-9-6-3)49-56-48-45-42-39-37-35-33-31-29-26-24-22-20-18-16-14-11-8-5-2/h7,10,15-18,21-24,27-28,51H,4-6,8-9,11-14,19-20,25-26,29-50H2,1-3H3/b10-7-,17-15-,18-16-,23-21-,24-22-,28-27-. The van der Waals surface area contributed by atoms with Crippen molar-refractivity contribution in [1.29, 1.82) is 0 Å². The lowest BCUT2D eigenvalue weighted by molar-refractivity contribution is -0.163. The largest absolute Gasteiger partial charge is 0.462 e. The molecule has 0 aliphatic carbocycles. The van der Waals surface area contributed by atoms with Crippen LogP contribution in [0.15, 0.2) is 72.9 Å². The molecule has 0 fully saturated rings. The van der Waals surface area contributed by atoms with Gasteiger partial charge >= 0.3 is 11.9 Å². The molecule has 1 atom stereocenters. The maximum atomic E-state index is 12.6. The van der Waals surface area contributed by atoms with Gasteiger partial charge in [-0.15, -0.1) is 0 Å². The second-order valence-electron chi connectivity index (χ2n) is 16.0. The molecule has 0 heterocycles. The molecule has 5 heteroatoms. The Hall–Kier alpha value is -2.66. The highest BCUT2D eigenvalue weighted by atomic mass is 16.6. The third-order valence-corrected chi connectivity index (χ3v) is 10.2. The van der Waals surface area contributed by atoms with Crippen molar-refractivity contribution in [3.8, 4) is 0 Å². The lowest BCUT2D eigenvalue weighted by Gasteiger charge is -2.18. The molecule has 5 nitrogen and oxygen atoms in total. The molecule has 1 unspecified atom stereocenters. The summed E-state index contributed by atoms with van der Waals surface area (Å²) in [4.78, 5) is 25.1. The van der Waals surface area contributed by atoms with E-state index in [-0.39, 0.29) is 25.2 Å². The smallest absolute Gasteiger partial charge is 0.306 e. The van der Waals surface area contributed by atoms with Crippen molar-refractivity contribution in [3.63, 3.8) is 0 Å². The molecule has 0 aliphatic heterocycles. The Kier molecular flexibility index (Phi) is 46.5. The molecule has 0 aromatic heterocycles. The summed E-state index contributed by atoms with van der Waals surface area (Å²) < 4.78 is 17.2. The Bertz CT molecular complexity index is 1050. The van der Waals surface area contributed by atoms with Crippen molar-refractivity contribution in [2.75, 3.05) is 19.8 Å². The van der Waals surface area contributed by atoms with Gasteiger partial charge < -0.3 is 14.2 Å². The second-order valence-corrected chi connectivity index (χ2v) is 16.0. The van der Waals surface area contributed by atoms with E-state index >= 15 is 0 Å². The molecule has 58 heavy (non-hydrogen) atoms. The minimum atomic E-state index is -0.542. The summed E-state index contributed by atoms with van der Waals surface area (Å²) in [7, 11) is 0. The number of carbonyl (C=O) groups is 2. The first kappa shape index (κ1) is 55.3. The fourth-order valence-corrected chi connectivity index (χ4v) is 6.59. The van der Waals surface area contributed by atoms with Crippen LogP contribution in [0.2, 0.25) is 0 Å². The molecule has 0 aromatic rings. The highest BCUT2D eigenvalue weighted by Gasteiger charge is 2.17. The Balaban J connectivity index is 4.07. The fourth-order valence-electron chi connectivity index (χ4n) is 6.59. The lowest BCUT2D eigenvalue weighted by atomic mass is 10.1. The number of allylic oxidation sites excluding steroid dienone is 12. The zero-order valence-corrected chi connectivity index (χ0v) is 38.3. The van der Waals surface area contributed by atoms with Crippen LogP contribution in [0.25, 0.3) is 0 Å². The molecule has 0 amide bonds. The predicted octanol–water partition coefficient (Wildman–Crippen LogP) is 16.3. The van der Waals surface area contributed by atoms with Gasteiger partial charge in [0.1, 0.15) is 6.61 Å². The minimum Gasteiger partial charge on any atom is -0.462 e. The first-order valence-electron chi connectivity index (χ1n) is 24.5. The highest BCUT2D eigenvalue weighted by molar-refractivity contribution is 5.70. The minimum absolute atomic E-state index is 0.0731. The van der Waals surface area contributed by atoms with E-state index in [1.54, 1.807) is 0 Å². The number of ether oxygens (including phenoxy) is 3. The van der Waals surface area contributed by atoms with E-state index in [0.29, 0.717) is 19.4 Å². The average molecular weight is 809 g/mol. The number of unbranched alkanes of at least 4 members (excludes halogenated alkanes) is 21. The van der Waals surface area contributed by atoms with Crippen molar-refractivity contribution in [2.45, 2.75) is 232 Å². The monoisotopic (exact) mass is 809 g/mol. The number of carbonyl (C=O) groups excluding carboxylic acids is 2. The van der Waals surface area contributed by atoms with Gasteiger partial charge in [0.25, 0.3) is 0 Å². The van der Waals surface area contributed by atoms with Gasteiger partial charge in [-0.1, -0.05) is 196 Å². The van der Waals surface area contributed by atoms with Crippen molar-refractivity contribution in [1.82, 2.24) is 0 Å². The summed E-state index contributed by atoms with van der Waals surface area (Å²) in [6, 6.07) is 0. The molecule has 0 rings (SSSR count). The van der Waals surface area contributed by atoms with Gasteiger partial charge in [0.15, 0.2) is 6.10 Å². The van der Waals surface area contributed by atoms with Gasteiger partial charge in [0, 0.05) is 19.4 Å². The van der Waals surface area contributed by atoms with E-state index in [9.17, 15) is 9.59 Å². The van der Waals surface area contributed by atoms with Crippen LogP contribution in [0.1, 0.15) is 226 Å². The van der Waals surface area contributed by atoms with Gasteiger partial charge in [-0.3, -0.25) is 9.59 Å². The number of hydrogen-bond donors (Lipinski definition) is 0. The predicted molar refractivity (Wildman–Crippen MR) is 251 cm³/mol. The molecule has 0 saturated heterocycles. The third-order valence-electron chi connectivity index (χ3n) is 10.2. The molecule has 0 radical (unpaired) electrons. The van der Waals surface area contributed by atoms with E-state index in [2.05, 4.69) is 93.7 Å². The van der Waals surface area contributed by atoms with Gasteiger partial charge in [-0.2, -0.15) is 0 Å². The van der Waals surface area contributed by atoms with Gasteiger partial charge in [0.2, 0.25) is 0 Å². The van der Waals surface area contributed by atoms with Crippen LogP contribution in [0.3, 0.4) is 0 Å².